The molecule has 1 fully saturated rings. The summed E-state index contributed by atoms with van der Waals surface area (Å²) >= 11 is 3.42. The van der Waals surface area contributed by atoms with Crippen molar-refractivity contribution in [2.24, 2.45) is 5.10 Å². The van der Waals surface area contributed by atoms with Crippen LogP contribution < -0.4 is 5.32 Å². The van der Waals surface area contributed by atoms with Gasteiger partial charge in [0.1, 0.15) is 11.5 Å². The van der Waals surface area contributed by atoms with Crippen LogP contribution in [0.5, 0.6) is 0 Å². The Morgan fingerprint density at radius 3 is 2.58 bits per heavy atom. The quantitative estimate of drug-likeness (QED) is 0.786. The van der Waals surface area contributed by atoms with Gasteiger partial charge in [0.15, 0.2) is 5.60 Å². The van der Waals surface area contributed by atoms with Gasteiger partial charge < -0.3 is 10.1 Å². The SMILES string of the molecule is CC(C)(C)N1N=C(c2ccc(F)cc2Br)C2(CCNCC2)OC1=O. The normalized spacial score (nSPS) is 20.8. The molecule has 0 unspecified atom stereocenters. The molecule has 1 amide bonds. The maximum atomic E-state index is 13.5. The van der Waals surface area contributed by atoms with Gasteiger partial charge in [-0.15, -0.1) is 0 Å². The van der Waals surface area contributed by atoms with Crippen LogP contribution in [0, 0.1) is 5.82 Å². The van der Waals surface area contributed by atoms with E-state index in [-0.39, 0.29) is 5.82 Å². The largest absolute Gasteiger partial charge is 0.435 e. The molecule has 1 saturated heterocycles. The molecule has 1 aromatic carbocycles. The lowest BCUT2D eigenvalue weighted by atomic mass is 9.83. The van der Waals surface area contributed by atoms with E-state index < -0.39 is 17.2 Å². The Labute approximate surface area is 149 Å². The van der Waals surface area contributed by atoms with Gasteiger partial charge in [-0.05, 0) is 52.1 Å². The molecule has 0 atom stereocenters. The third-order valence-corrected chi connectivity index (χ3v) is 4.98. The van der Waals surface area contributed by atoms with Crippen LogP contribution in [0.2, 0.25) is 0 Å². The predicted octanol–water partition coefficient (Wildman–Crippen LogP) is 3.67. The fourth-order valence-corrected chi connectivity index (χ4v) is 3.60. The van der Waals surface area contributed by atoms with E-state index in [1.165, 1.54) is 17.1 Å². The van der Waals surface area contributed by atoms with Crippen LogP contribution in [0.25, 0.3) is 0 Å². The van der Waals surface area contributed by atoms with Crippen LogP contribution in [0.3, 0.4) is 0 Å². The minimum absolute atomic E-state index is 0.328. The number of ether oxygens (including phenoxy) is 1. The zero-order valence-electron chi connectivity index (χ0n) is 14.0. The number of rotatable bonds is 1. The van der Waals surface area contributed by atoms with Crippen molar-refractivity contribution in [2.75, 3.05) is 13.1 Å². The van der Waals surface area contributed by atoms with E-state index in [9.17, 15) is 9.18 Å². The maximum Gasteiger partial charge on any atom is 0.431 e. The third-order valence-electron chi connectivity index (χ3n) is 4.32. The molecule has 0 radical (unpaired) electrons. The molecular weight excluding hydrogens is 377 g/mol. The first-order valence-electron chi connectivity index (χ1n) is 8.01. The van der Waals surface area contributed by atoms with Crippen molar-refractivity contribution >= 4 is 27.7 Å². The molecule has 1 N–H and O–H groups in total. The van der Waals surface area contributed by atoms with Gasteiger partial charge in [-0.1, -0.05) is 15.9 Å². The van der Waals surface area contributed by atoms with Crippen LogP contribution in [0.1, 0.15) is 39.2 Å². The van der Waals surface area contributed by atoms with E-state index >= 15 is 0 Å². The fourth-order valence-electron chi connectivity index (χ4n) is 3.06. The van der Waals surface area contributed by atoms with Crippen molar-refractivity contribution in [3.8, 4) is 0 Å². The van der Waals surface area contributed by atoms with Gasteiger partial charge in [0.05, 0.1) is 5.54 Å². The monoisotopic (exact) mass is 397 g/mol. The second-order valence-corrected chi connectivity index (χ2v) is 8.02. The smallest absolute Gasteiger partial charge is 0.431 e. The summed E-state index contributed by atoms with van der Waals surface area (Å²) in [6, 6.07) is 4.49. The number of hydrogen-bond donors (Lipinski definition) is 1. The molecule has 5 nitrogen and oxygen atoms in total. The van der Waals surface area contributed by atoms with Crippen molar-refractivity contribution in [1.29, 1.82) is 0 Å². The zero-order valence-corrected chi connectivity index (χ0v) is 15.6. The molecule has 0 aliphatic carbocycles. The minimum atomic E-state index is -0.773. The number of halogens is 2. The first-order chi connectivity index (χ1) is 11.2. The number of nitrogens with zero attached hydrogens (tertiary/aromatic N) is 2. The van der Waals surface area contributed by atoms with Crippen molar-refractivity contribution < 1.29 is 13.9 Å². The molecule has 2 aliphatic heterocycles. The third kappa shape index (κ3) is 3.07. The van der Waals surface area contributed by atoms with Crippen LogP contribution in [-0.4, -0.2) is 41.0 Å². The molecular formula is C17H21BrFN3O2. The highest BCUT2D eigenvalue weighted by Crippen LogP contribution is 2.37. The first-order valence-corrected chi connectivity index (χ1v) is 8.81. The number of piperidine rings is 1. The zero-order chi connectivity index (χ0) is 17.5. The second kappa shape index (κ2) is 6.11. The Morgan fingerprint density at radius 1 is 1.33 bits per heavy atom. The predicted molar refractivity (Wildman–Crippen MR) is 93.5 cm³/mol. The average molecular weight is 398 g/mol. The Balaban J connectivity index is 2.15. The molecule has 1 aromatic rings. The first kappa shape index (κ1) is 17.4. The average Bonchev–Trinajstić information content (AvgIpc) is 2.48. The van der Waals surface area contributed by atoms with Gasteiger partial charge >= 0.3 is 6.09 Å². The number of carbonyl (C=O) groups excluding carboxylic acids is 1. The molecule has 3 rings (SSSR count). The molecule has 2 heterocycles. The second-order valence-electron chi connectivity index (χ2n) is 7.17. The van der Waals surface area contributed by atoms with E-state index in [4.69, 9.17) is 4.74 Å². The summed E-state index contributed by atoms with van der Waals surface area (Å²) in [6.07, 6.45) is 0.838. The number of nitrogens with one attached hydrogen (secondary N) is 1. The molecule has 1 spiro atoms. The molecule has 2 aliphatic rings. The summed E-state index contributed by atoms with van der Waals surface area (Å²) in [6.45, 7) is 7.17. The fraction of sp³-hybridized carbons (Fsp3) is 0.529. The van der Waals surface area contributed by atoms with Gasteiger partial charge in [0, 0.05) is 22.9 Å². The summed E-state index contributed by atoms with van der Waals surface area (Å²) < 4.78 is 20.0. The van der Waals surface area contributed by atoms with Crippen LogP contribution in [-0.2, 0) is 4.74 Å². The summed E-state index contributed by atoms with van der Waals surface area (Å²) in [7, 11) is 0. The van der Waals surface area contributed by atoms with Crippen molar-refractivity contribution in [2.45, 2.75) is 44.8 Å². The summed E-state index contributed by atoms with van der Waals surface area (Å²) in [5.74, 6) is -0.328. The maximum absolute atomic E-state index is 13.5. The van der Waals surface area contributed by atoms with E-state index in [0.717, 1.165) is 18.7 Å². The highest BCUT2D eigenvalue weighted by Gasteiger charge is 2.48. The van der Waals surface area contributed by atoms with Crippen molar-refractivity contribution in [3.63, 3.8) is 0 Å². The van der Waals surface area contributed by atoms with E-state index in [1.807, 2.05) is 20.8 Å². The summed E-state index contributed by atoms with van der Waals surface area (Å²) in [5.41, 5.74) is 0.138. The van der Waals surface area contributed by atoms with Gasteiger partial charge in [0.2, 0.25) is 0 Å². The molecule has 0 saturated carbocycles. The number of benzene rings is 1. The molecule has 24 heavy (non-hydrogen) atoms. The lowest BCUT2D eigenvalue weighted by Crippen LogP contribution is -2.59. The minimum Gasteiger partial charge on any atom is -0.435 e. The van der Waals surface area contributed by atoms with Crippen LogP contribution in [0.4, 0.5) is 9.18 Å². The van der Waals surface area contributed by atoms with Crippen LogP contribution >= 0.6 is 15.9 Å². The number of hydrogen-bond acceptors (Lipinski definition) is 4. The Kier molecular flexibility index (Phi) is 4.42. The molecule has 0 bridgehead atoms. The van der Waals surface area contributed by atoms with Crippen LogP contribution in [0.15, 0.2) is 27.8 Å². The van der Waals surface area contributed by atoms with Crippen molar-refractivity contribution in [3.05, 3.63) is 34.1 Å². The van der Waals surface area contributed by atoms with Crippen molar-refractivity contribution in [1.82, 2.24) is 10.3 Å². The van der Waals surface area contributed by atoms with E-state index in [1.54, 1.807) is 6.07 Å². The highest BCUT2D eigenvalue weighted by atomic mass is 79.9. The lowest BCUT2D eigenvalue weighted by molar-refractivity contribution is -0.0157. The molecule has 0 aromatic heterocycles. The topological polar surface area (TPSA) is 53.9 Å². The number of carbonyl (C=O) groups is 1. The number of hydrazone groups is 1. The standard InChI is InChI=1S/C17H21BrFN3O2/c1-16(2,3)22-15(23)24-17(6-8-20-9-7-17)14(21-22)12-5-4-11(19)10-13(12)18/h4-5,10,20H,6-9H2,1-3H3. The summed E-state index contributed by atoms with van der Waals surface area (Å²) in [4.78, 5) is 12.5. The Bertz CT molecular complexity index is 694. The van der Waals surface area contributed by atoms with Gasteiger partial charge in [-0.25, -0.2) is 9.18 Å². The summed E-state index contributed by atoms with van der Waals surface area (Å²) in [5, 5.41) is 9.31. The number of amides is 1. The lowest BCUT2D eigenvalue weighted by Gasteiger charge is -2.45. The van der Waals surface area contributed by atoms with Gasteiger partial charge in [-0.3, -0.25) is 0 Å². The van der Waals surface area contributed by atoms with E-state index in [0.29, 0.717) is 23.0 Å². The van der Waals surface area contributed by atoms with Gasteiger partial charge in [-0.2, -0.15) is 10.1 Å². The van der Waals surface area contributed by atoms with Gasteiger partial charge in [0.25, 0.3) is 0 Å². The molecule has 7 heteroatoms. The Hall–Kier alpha value is -1.47. The van der Waals surface area contributed by atoms with E-state index in [2.05, 4.69) is 26.3 Å². The highest BCUT2D eigenvalue weighted by molar-refractivity contribution is 9.10. The Morgan fingerprint density at radius 2 is 2.00 bits per heavy atom. The molecule has 130 valence electrons.